The van der Waals surface area contributed by atoms with E-state index in [1.54, 1.807) is 4.90 Å². The predicted molar refractivity (Wildman–Crippen MR) is 107 cm³/mol. The number of nitrogens with zero attached hydrogens (tertiary/aromatic N) is 2. The number of rotatable bonds is 5. The number of anilines is 2. The van der Waals surface area contributed by atoms with E-state index in [9.17, 15) is 9.59 Å². The monoisotopic (exact) mass is 397 g/mol. The van der Waals surface area contributed by atoms with Crippen LogP contribution in [0.15, 0.2) is 40.1 Å². The number of nitrogens with one attached hydrogen (secondary N) is 1. The lowest BCUT2D eigenvalue weighted by molar-refractivity contribution is -0.121. The minimum atomic E-state index is -0.197. The molecular formula is C20H19N3O4S. The highest BCUT2D eigenvalue weighted by Crippen LogP contribution is 2.32. The summed E-state index contributed by atoms with van der Waals surface area (Å²) in [4.78, 5) is 30.6. The number of thiazole rings is 1. The molecular weight excluding hydrogens is 378 g/mol. The molecule has 28 heavy (non-hydrogen) atoms. The highest BCUT2D eigenvalue weighted by atomic mass is 32.1. The summed E-state index contributed by atoms with van der Waals surface area (Å²) in [6.07, 6.45) is 0.166. The van der Waals surface area contributed by atoms with Crippen molar-refractivity contribution in [1.82, 2.24) is 4.98 Å². The molecule has 0 saturated heterocycles. The second-order valence-electron chi connectivity index (χ2n) is 6.46. The molecule has 0 spiro atoms. The molecule has 8 heteroatoms. The number of hydrogen-bond acceptors (Lipinski definition) is 6. The topological polar surface area (TPSA) is 84.7 Å². The molecule has 2 amide bonds. The number of para-hydroxylation sites is 2. The predicted octanol–water partition coefficient (Wildman–Crippen LogP) is 3.77. The highest BCUT2D eigenvalue weighted by Gasteiger charge is 2.25. The van der Waals surface area contributed by atoms with Crippen molar-refractivity contribution in [2.45, 2.75) is 20.3 Å². The van der Waals surface area contributed by atoms with Crippen LogP contribution in [0.5, 0.6) is 5.75 Å². The van der Waals surface area contributed by atoms with Crippen LogP contribution in [0.4, 0.5) is 10.8 Å². The first kappa shape index (κ1) is 18.2. The van der Waals surface area contributed by atoms with Crippen molar-refractivity contribution >= 4 is 34.0 Å². The van der Waals surface area contributed by atoms with E-state index >= 15 is 0 Å². The Labute approximate surface area is 165 Å². The second kappa shape index (κ2) is 7.47. The Morgan fingerprint density at radius 1 is 1.32 bits per heavy atom. The molecule has 2 aromatic heterocycles. The molecule has 1 aromatic carbocycles. The van der Waals surface area contributed by atoms with Crippen LogP contribution in [0.2, 0.25) is 0 Å². The van der Waals surface area contributed by atoms with E-state index in [0.29, 0.717) is 16.6 Å². The molecule has 0 fully saturated rings. The Balaban J connectivity index is 1.39. The van der Waals surface area contributed by atoms with Gasteiger partial charge in [0.1, 0.15) is 17.3 Å². The molecule has 3 aromatic rings. The average molecular weight is 397 g/mol. The van der Waals surface area contributed by atoms with E-state index < -0.39 is 0 Å². The molecule has 0 atom stereocenters. The van der Waals surface area contributed by atoms with Gasteiger partial charge in [0.05, 0.1) is 11.4 Å². The maximum Gasteiger partial charge on any atom is 0.265 e. The molecule has 0 unspecified atom stereocenters. The number of hydrogen-bond donors (Lipinski definition) is 1. The van der Waals surface area contributed by atoms with E-state index in [2.05, 4.69) is 10.3 Å². The molecule has 7 nitrogen and oxygen atoms in total. The molecule has 0 bridgehead atoms. The minimum Gasteiger partial charge on any atom is -0.482 e. The first-order valence-electron chi connectivity index (χ1n) is 8.86. The molecule has 0 radical (unpaired) electrons. The SMILES string of the molecule is Cc1cc(-c2csc(NC(=O)CCN3C(=O)COc4ccccc43)n2)c(C)o1. The van der Waals surface area contributed by atoms with Gasteiger partial charge < -0.3 is 19.4 Å². The lowest BCUT2D eigenvalue weighted by Crippen LogP contribution is -2.40. The summed E-state index contributed by atoms with van der Waals surface area (Å²) < 4.78 is 11.0. The van der Waals surface area contributed by atoms with E-state index in [4.69, 9.17) is 9.15 Å². The van der Waals surface area contributed by atoms with Gasteiger partial charge in [-0.3, -0.25) is 9.59 Å². The lowest BCUT2D eigenvalue weighted by atomic mass is 10.2. The molecule has 3 heterocycles. The first-order chi connectivity index (χ1) is 13.5. The third-order valence-corrected chi connectivity index (χ3v) is 5.20. The van der Waals surface area contributed by atoms with Gasteiger partial charge in [0.25, 0.3) is 5.91 Å². The van der Waals surface area contributed by atoms with E-state index in [1.807, 2.05) is 49.6 Å². The van der Waals surface area contributed by atoms with E-state index in [0.717, 1.165) is 22.8 Å². The number of aromatic nitrogens is 1. The van der Waals surface area contributed by atoms with Crippen LogP contribution in [0.25, 0.3) is 11.3 Å². The van der Waals surface area contributed by atoms with Crippen LogP contribution in [-0.2, 0) is 9.59 Å². The van der Waals surface area contributed by atoms with Gasteiger partial charge in [-0.15, -0.1) is 11.3 Å². The molecule has 1 aliphatic heterocycles. The second-order valence-corrected chi connectivity index (χ2v) is 7.32. The number of fused-ring (bicyclic) bond motifs is 1. The van der Waals surface area contributed by atoms with Crippen LogP contribution in [0, 0.1) is 13.8 Å². The summed E-state index contributed by atoms with van der Waals surface area (Å²) in [6, 6.07) is 9.24. The summed E-state index contributed by atoms with van der Waals surface area (Å²) in [6.45, 7) is 4.04. The maximum absolute atomic E-state index is 12.4. The smallest absolute Gasteiger partial charge is 0.265 e. The molecule has 4 rings (SSSR count). The van der Waals surface area contributed by atoms with Crippen molar-refractivity contribution in [3.63, 3.8) is 0 Å². The van der Waals surface area contributed by atoms with Gasteiger partial charge in [-0.1, -0.05) is 12.1 Å². The zero-order valence-corrected chi connectivity index (χ0v) is 16.3. The Kier molecular flexibility index (Phi) is 4.87. The fourth-order valence-electron chi connectivity index (χ4n) is 3.13. The summed E-state index contributed by atoms with van der Waals surface area (Å²) in [5.74, 6) is 1.91. The summed E-state index contributed by atoms with van der Waals surface area (Å²) in [5.41, 5.74) is 2.38. The van der Waals surface area contributed by atoms with Gasteiger partial charge in [0.2, 0.25) is 5.91 Å². The van der Waals surface area contributed by atoms with E-state index in [-0.39, 0.29) is 31.4 Å². The molecule has 144 valence electrons. The van der Waals surface area contributed by atoms with Gasteiger partial charge in [-0.25, -0.2) is 4.98 Å². The van der Waals surface area contributed by atoms with Gasteiger partial charge in [0, 0.05) is 23.9 Å². The Bertz CT molecular complexity index is 1040. The van der Waals surface area contributed by atoms with Gasteiger partial charge >= 0.3 is 0 Å². The largest absolute Gasteiger partial charge is 0.482 e. The Morgan fingerprint density at radius 2 is 2.14 bits per heavy atom. The van der Waals surface area contributed by atoms with Crippen molar-refractivity contribution in [3.8, 4) is 17.0 Å². The van der Waals surface area contributed by atoms with Crippen LogP contribution in [0.3, 0.4) is 0 Å². The molecule has 0 aliphatic carbocycles. The summed E-state index contributed by atoms with van der Waals surface area (Å²) in [5, 5.41) is 5.21. The number of carbonyl (C=O) groups excluding carboxylic acids is 2. The van der Waals surface area contributed by atoms with Crippen molar-refractivity contribution in [2.75, 3.05) is 23.4 Å². The quantitative estimate of drug-likeness (QED) is 0.708. The zero-order valence-electron chi connectivity index (χ0n) is 15.5. The van der Waals surface area contributed by atoms with Gasteiger partial charge in [-0.05, 0) is 32.0 Å². The number of furan rings is 1. The summed E-state index contributed by atoms with van der Waals surface area (Å²) >= 11 is 1.36. The Morgan fingerprint density at radius 3 is 2.93 bits per heavy atom. The fraction of sp³-hybridized carbons (Fsp3) is 0.250. The minimum absolute atomic E-state index is 0.0159. The standard InChI is InChI=1S/C20H19N3O4S/c1-12-9-14(13(2)27-12)15-11-28-20(21-15)22-18(24)7-8-23-16-5-3-4-6-17(16)26-10-19(23)25/h3-6,9,11H,7-8,10H2,1-2H3,(H,21,22,24). The molecule has 1 N–H and O–H groups in total. The van der Waals surface area contributed by atoms with Gasteiger partial charge in [-0.2, -0.15) is 0 Å². The number of ether oxygens (including phenoxy) is 1. The number of amides is 2. The maximum atomic E-state index is 12.4. The number of aryl methyl sites for hydroxylation is 2. The van der Waals surface area contributed by atoms with Crippen LogP contribution < -0.4 is 15.0 Å². The normalized spacial score (nSPS) is 13.2. The molecule has 1 aliphatic rings. The summed E-state index contributed by atoms with van der Waals surface area (Å²) in [7, 11) is 0. The molecule has 0 saturated carbocycles. The number of benzene rings is 1. The van der Waals surface area contributed by atoms with Crippen molar-refractivity contribution in [3.05, 3.63) is 47.2 Å². The third kappa shape index (κ3) is 3.63. The highest BCUT2D eigenvalue weighted by molar-refractivity contribution is 7.14. The van der Waals surface area contributed by atoms with Crippen molar-refractivity contribution in [2.24, 2.45) is 0 Å². The van der Waals surface area contributed by atoms with Crippen molar-refractivity contribution < 1.29 is 18.7 Å². The third-order valence-electron chi connectivity index (χ3n) is 4.44. The Hall–Kier alpha value is -3.13. The fourth-order valence-corrected chi connectivity index (χ4v) is 3.86. The average Bonchev–Trinajstić information content (AvgIpc) is 3.26. The van der Waals surface area contributed by atoms with Crippen LogP contribution in [-0.4, -0.2) is 29.9 Å². The number of carbonyl (C=O) groups is 2. The first-order valence-corrected chi connectivity index (χ1v) is 9.74. The zero-order chi connectivity index (χ0) is 19.7. The van der Waals surface area contributed by atoms with Crippen LogP contribution >= 0.6 is 11.3 Å². The van der Waals surface area contributed by atoms with Gasteiger partial charge in [0.15, 0.2) is 11.7 Å². The lowest BCUT2D eigenvalue weighted by Gasteiger charge is -2.29. The van der Waals surface area contributed by atoms with E-state index in [1.165, 1.54) is 11.3 Å². The van der Waals surface area contributed by atoms with Crippen molar-refractivity contribution in [1.29, 1.82) is 0 Å². The van der Waals surface area contributed by atoms with Crippen LogP contribution in [0.1, 0.15) is 17.9 Å².